The SMILES string of the molecule is CC(Cn1cnnc1-c1cc(Oc2ccc(NC(=O)Nc3ccc(Cl)cc3Cl)cc2F)ccn1)N(C)C. The molecule has 0 fully saturated rings. The molecule has 0 radical (unpaired) electrons. The Morgan fingerprint density at radius 1 is 1.14 bits per heavy atom. The number of urea groups is 1. The van der Waals surface area contributed by atoms with E-state index in [-0.39, 0.29) is 22.5 Å². The Hall–Kier alpha value is -3.73. The average molecular weight is 544 g/mol. The molecular formula is C25H24Cl2FN7O2. The summed E-state index contributed by atoms with van der Waals surface area (Å²) < 4.78 is 22.5. The lowest BCUT2D eigenvalue weighted by Gasteiger charge is -2.20. The summed E-state index contributed by atoms with van der Waals surface area (Å²) in [6.45, 7) is 2.76. The van der Waals surface area contributed by atoms with Crippen molar-refractivity contribution in [2.75, 3.05) is 24.7 Å². The van der Waals surface area contributed by atoms with Gasteiger partial charge in [-0.3, -0.25) is 4.98 Å². The van der Waals surface area contributed by atoms with Gasteiger partial charge in [-0.1, -0.05) is 23.2 Å². The molecule has 2 amide bonds. The third-order valence-corrected chi connectivity index (χ3v) is 6.06. The largest absolute Gasteiger partial charge is 0.454 e. The monoisotopic (exact) mass is 543 g/mol. The van der Waals surface area contributed by atoms with Gasteiger partial charge in [0.1, 0.15) is 17.8 Å². The van der Waals surface area contributed by atoms with Gasteiger partial charge in [0.05, 0.1) is 10.7 Å². The van der Waals surface area contributed by atoms with E-state index >= 15 is 0 Å². The van der Waals surface area contributed by atoms with E-state index in [4.69, 9.17) is 27.9 Å². The zero-order valence-electron chi connectivity index (χ0n) is 20.2. The van der Waals surface area contributed by atoms with Gasteiger partial charge in [0.2, 0.25) is 0 Å². The van der Waals surface area contributed by atoms with Crippen molar-refractivity contribution in [1.82, 2.24) is 24.6 Å². The lowest BCUT2D eigenvalue weighted by Crippen LogP contribution is -2.29. The maximum Gasteiger partial charge on any atom is 0.323 e. The predicted octanol–water partition coefficient (Wildman–Crippen LogP) is 6.17. The van der Waals surface area contributed by atoms with Gasteiger partial charge in [-0.15, -0.1) is 10.2 Å². The van der Waals surface area contributed by atoms with Crippen LogP contribution in [0.25, 0.3) is 11.5 Å². The number of rotatable bonds is 8. The van der Waals surface area contributed by atoms with Crippen LogP contribution in [0.4, 0.5) is 20.6 Å². The fraction of sp³-hybridized carbons (Fsp3) is 0.200. The Balaban J connectivity index is 1.44. The van der Waals surface area contributed by atoms with Gasteiger partial charge in [0.25, 0.3) is 0 Å². The number of halogens is 3. The van der Waals surface area contributed by atoms with Crippen LogP contribution in [0.15, 0.2) is 61.1 Å². The van der Waals surface area contributed by atoms with Crippen LogP contribution in [-0.2, 0) is 6.54 Å². The molecule has 0 aliphatic carbocycles. The quantitative estimate of drug-likeness (QED) is 0.275. The molecule has 1 unspecified atom stereocenters. The molecular weight excluding hydrogens is 520 g/mol. The highest BCUT2D eigenvalue weighted by molar-refractivity contribution is 6.36. The first-order valence-corrected chi connectivity index (χ1v) is 12.0. The molecule has 0 saturated heterocycles. The van der Waals surface area contributed by atoms with E-state index in [9.17, 15) is 9.18 Å². The smallest absolute Gasteiger partial charge is 0.323 e. The first kappa shape index (κ1) is 26.3. The minimum absolute atomic E-state index is 0.0217. The number of anilines is 2. The molecule has 2 aromatic heterocycles. The van der Waals surface area contributed by atoms with Gasteiger partial charge in [0, 0.05) is 41.6 Å². The van der Waals surface area contributed by atoms with Crippen LogP contribution < -0.4 is 15.4 Å². The highest BCUT2D eigenvalue weighted by Gasteiger charge is 2.15. The summed E-state index contributed by atoms with van der Waals surface area (Å²) in [4.78, 5) is 18.8. The molecule has 12 heteroatoms. The zero-order valence-corrected chi connectivity index (χ0v) is 21.8. The Morgan fingerprint density at radius 3 is 2.68 bits per heavy atom. The van der Waals surface area contributed by atoms with E-state index in [1.165, 1.54) is 18.2 Å². The van der Waals surface area contributed by atoms with Crippen LogP contribution in [0.1, 0.15) is 6.92 Å². The molecule has 2 aromatic carbocycles. The van der Waals surface area contributed by atoms with E-state index in [0.717, 1.165) is 6.07 Å². The van der Waals surface area contributed by atoms with Crippen LogP contribution in [0.5, 0.6) is 11.5 Å². The zero-order chi connectivity index (χ0) is 26.5. The van der Waals surface area contributed by atoms with E-state index in [1.807, 2.05) is 18.7 Å². The lowest BCUT2D eigenvalue weighted by molar-refractivity contribution is 0.262. The van der Waals surface area contributed by atoms with E-state index in [0.29, 0.717) is 34.5 Å². The van der Waals surface area contributed by atoms with Gasteiger partial charge in [-0.05, 0) is 57.4 Å². The molecule has 0 aliphatic rings. The number of hydrogen-bond acceptors (Lipinski definition) is 6. The first-order valence-electron chi connectivity index (χ1n) is 11.2. The summed E-state index contributed by atoms with van der Waals surface area (Å²) in [6.07, 6.45) is 3.20. The number of hydrogen-bond donors (Lipinski definition) is 2. The van der Waals surface area contributed by atoms with Crippen molar-refractivity contribution in [3.05, 3.63) is 76.9 Å². The predicted molar refractivity (Wildman–Crippen MR) is 142 cm³/mol. The van der Waals surface area contributed by atoms with Crippen molar-refractivity contribution in [2.24, 2.45) is 0 Å². The minimum atomic E-state index is -0.663. The number of carbonyl (C=O) groups excluding carboxylic acids is 1. The summed E-state index contributed by atoms with van der Waals surface area (Å²) >= 11 is 11.9. The highest BCUT2D eigenvalue weighted by Crippen LogP contribution is 2.29. The highest BCUT2D eigenvalue weighted by atomic mass is 35.5. The average Bonchev–Trinajstić information content (AvgIpc) is 3.31. The van der Waals surface area contributed by atoms with E-state index in [2.05, 4.69) is 37.6 Å². The molecule has 2 N–H and O–H groups in total. The van der Waals surface area contributed by atoms with Gasteiger partial charge >= 0.3 is 6.03 Å². The third kappa shape index (κ3) is 6.73. The number of benzene rings is 2. The second-order valence-electron chi connectivity index (χ2n) is 8.45. The lowest BCUT2D eigenvalue weighted by atomic mass is 10.2. The number of carbonyl (C=O) groups is 1. The molecule has 9 nitrogen and oxygen atoms in total. The number of ether oxygens (including phenoxy) is 1. The second-order valence-corrected chi connectivity index (χ2v) is 9.29. The van der Waals surface area contributed by atoms with Gasteiger partial charge in [0.15, 0.2) is 17.4 Å². The molecule has 37 heavy (non-hydrogen) atoms. The molecule has 4 rings (SSSR count). The van der Waals surface area contributed by atoms with Crippen molar-refractivity contribution in [3.8, 4) is 23.0 Å². The number of nitrogens with zero attached hydrogens (tertiary/aromatic N) is 5. The Morgan fingerprint density at radius 2 is 1.95 bits per heavy atom. The van der Waals surface area contributed by atoms with Crippen LogP contribution in [0, 0.1) is 5.82 Å². The number of likely N-dealkylation sites (N-methyl/N-ethyl adjacent to an activating group) is 1. The Labute approximate surface area is 223 Å². The van der Waals surface area contributed by atoms with Gasteiger partial charge in [-0.25, -0.2) is 9.18 Å². The number of nitrogens with one attached hydrogen (secondary N) is 2. The number of amides is 2. The van der Waals surface area contributed by atoms with Crippen LogP contribution in [-0.4, -0.2) is 50.8 Å². The van der Waals surface area contributed by atoms with Crippen molar-refractivity contribution in [1.29, 1.82) is 0 Å². The molecule has 0 saturated carbocycles. The van der Waals surface area contributed by atoms with Crippen molar-refractivity contribution < 1.29 is 13.9 Å². The van der Waals surface area contributed by atoms with Crippen molar-refractivity contribution in [2.45, 2.75) is 19.5 Å². The fourth-order valence-electron chi connectivity index (χ4n) is 3.30. The second kappa shape index (κ2) is 11.5. The molecule has 4 aromatic rings. The standard InChI is InChI=1S/C25H24Cl2FN7O2/c1-15(34(2)3)13-35-14-30-33-24(35)22-12-18(8-9-29-22)37-23-7-5-17(11-20(23)28)31-25(36)32-21-6-4-16(26)10-19(21)27/h4-12,14-15H,13H2,1-3H3,(H2,31,32,36). The van der Waals surface area contributed by atoms with E-state index < -0.39 is 11.8 Å². The normalized spacial score (nSPS) is 11.9. The van der Waals surface area contributed by atoms with Crippen LogP contribution in [0.2, 0.25) is 10.0 Å². The Bertz CT molecular complexity index is 1410. The van der Waals surface area contributed by atoms with Crippen LogP contribution in [0.3, 0.4) is 0 Å². The summed E-state index contributed by atoms with van der Waals surface area (Å²) in [6, 6.07) is 11.7. The number of pyridine rings is 1. The van der Waals surface area contributed by atoms with E-state index in [1.54, 1.807) is 36.8 Å². The van der Waals surface area contributed by atoms with Gasteiger partial charge in [-0.2, -0.15) is 0 Å². The van der Waals surface area contributed by atoms with Crippen molar-refractivity contribution >= 4 is 40.6 Å². The van der Waals surface area contributed by atoms with Crippen molar-refractivity contribution in [3.63, 3.8) is 0 Å². The van der Waals surface area contributed by atoms with Crippen LogP contribution >= 0.6 is 23.2 Å². The minimum Gasteiger partial charge on any atom is -0.454 e. The first-order chi connectivity index (χ1) is 17.7. The maximum absolute atomic E-state index is 14.8. The molecule has 1 atom stereocenters. The molecule has 0 spiro atoms. The summed E-state index contributed by atoms with van der Waals surface area (Å²) in [5.41, 5.74) is 1.13. The summed E-state index contributed by atoms with van der Waals surface area (Å²) in [5.74, 6) is 0.260. The number of aromatic nitrogens is 4. The molecule has 192 valence electrons. The molecule has 0 bridgehead atoms. The Kier molecular flexibility index (Phi) is 8.22. The summed E-state index contributed by atoms with van der Waals surface area (Å²) in [7, 11) is 4.00. The summed E-state index contributed by atoms with van der Waals surface area (Å²) in [5, 5.41) is 14.0. The fourth-order valence-corrected chi connectivity index (χ4v) is 3.75. The molecule has 0 aliphatic heterocycles. The molecule has 2 heterocycles. The maximum atomic E-state index is 14.8. The topological polar surface area (TPSA) is 97.2 Å². The third-order valence-electron chi connectivity index (χ3n) is 5.52. The van der Waals surface area contributed by atoms with Gasteiger partial charge < -0.3 is 24.8 Å².